The largest absolute Gasteiger partial charge is 0.533 e. The van der Waals surface area contributed by atoms with Crippen LogP contribution in [0, 0.1) is 0 Å². The lowest BCUT2D eigenvalue weighted by atomic mass is 9.97. The third-order valence-electron chi connectivity index (χ3n) is 8.70. The number of hydroxylamine groups is 2. The predicted molar refractivity (Wildman–Crippen MR) is 200 cm³/mol. The second-order valence-corrected chi connectivity index (χ2v) is 13.1. The van der Waals surface area contributed by atoms with Crippen molar-refractivity contribution in [1.29, 1.82) is 0 Å². The number of carbonyl (C=O) groups excluding carboxylic acids is 7. The normalized spacial score (nSPS) is 13.2. The number of nitrogens with zero attached hydrogens (tertiary/aromatic N) is 1. The number of fused-ring (bicyclic) bond motifs is 3. The third kappa shape index (κ3) is 13.5. The van der Waals surface area contributed by atoms with Crippen LogP contribution in [0.3, 0.4) is 0 Å². The highest BCUT2D eigenvalue weighted by Crippen LogP contribution is 2.47. The number of ether oxygens (including phenoxy) is 3. The lowest BCUT2D eigenvalue weighted by molar-refractivity contribution is -0.177. The van der Waals surface area contributed by atoms with Gasteiger partial charge in [0.2, 0.25) is 23.6 Å². The van der Waals surface area contributed by atoms with Crippen LogP contribution in [-0.4, -0.2) is 92.8 Å². The highest BCUT2D eigenvalue weighted by atomic mass is 16.8. The molecule has 1 heterocycles. The Morgan fingerprint density at radius 1 is 0.655 bits per heavy atom. The van der Waals surface area contributed by atoms with Gasteiger partial charge in [-0.05, 0) is 72.2 Å². The Balaban J connectivity index is 1.38. The lowest BCUT2D eigenvalue weighted by Gasteiger charge is -2.17. The predicted octanol–water partition coefficient (Wildman–Crippen LogP) is 4.32. The minimum Gasteiger partial charge on any atom is -0.432 e. The van der Waals surface area contributed by atoms with E-state index in [1.807, 2.05) is 26.0 Å². The minimum absolute atomic E-state index is 0.0675. The first-order valence-corrected chi connectivity index (χ1v) is 18.9. The maximum absolute atomic E-state index is 12.8. The maximum Gasteiger partial charge on any atom is 0.533 e. The molecule has 1 aliphatic heterocycles. The van der Waals surface area contributed by atoms with Crippen LogP contribution in [0.4, 0.5) is 16.2 Å². The first-order valence-electron chi connectivity index (χ1n) is 18.9. The highest BCUT2D eigenvalue weighted by molar-refractivity contribution is 6.01. The average Bonchev–Trinajstić information content (AvgIpc) is 3.64. The molecule has 2 aliphatic rings. The number of rotatable bonds is 23. The number of benzene rings is 2. The van der Waals surface area contributed by atoms with Crippen molar-refractivity contribution in [3.8, 4) is 11.1 Å². The van der Waals surface area contributed by atoms with Crippen molar-refractivity contribution < 1.29 is 52.6 Å². The van der Waals surface area contributed by atoms with E-state index in [2.05, 4.69) is 21.3 Å². The summed E-state index contributed by atoms with van der Waals surface area (Å²) in [6.45, 7) is 6.70. The zero-order valence-corrected chi connectivity index (χ0v) is 31.5. The molecule has 0 unspecified atom stereocenters. The molecule has 6 amide bonds. The summed E-state index contributed by atoms with van der Waals surface area (Å²) >= 11 is 0. The zero-order valence-electron chi connectivity index (χ0n) is 31.5. The van der Waals surface area contributed by atoms with E-state index in [-0.39, 0.29) is 68.8 Å². The van der Waals surface area contributed by atoms with Gasteiger partial charge in [0.1, 0.15) is 6.61 Å². The first-order chi connectivity index (χ1) is 26.6. The monoisotopic (exact) mass is 765 g/mol. The summed E-state index contributed by atoms with van der Waals surface area (Å²) in [6, 6.07) is 10.7. The van der Waals surface area contributed by atoms with E-state index in [9.17, 15) is 33.6 Å². The van der Waals surface area contributed by atoms with Gasteiger partial charge in [-0.1, -0.05) is 31.0 Å². The molecular formula is C39H51N5O11. The lowest BCUT2D eigenvalue weighted by Crippen LogP contribution is -2.32. The van der Waals surface area contributed by atoms with E-state index < -0.39 is 23.9 Å². The number of hydrogen-bond donors (Lipinski definition) is 4. The maximum atomic E-state index is 12.8. The fraction of sp³-hybridized carbons (Fsp3) is 0.513. The van der Waals surface area contributed by atoms with Gasteiger partial charge in [0.15, 0.2) is 0 Å². The van der Waals surface area contributed by atoms with Gasteiger partial charge >= 0.3 is 6.16 Å². The average molecular weight is 766 g/mol. The van der Waals surface area contributed by atoms with Crippen LogP contribution in [0.15, 0.2) is 36.4 Å². The fourth-order valence-electron chi connectivity index (χ4n) is 6.07. The van der Waals surface area contributed by atoms with Crippen molar-refractivity contribution in [2.45, 2.75) is 84.0 Å². The van der Waals surface area contributed by atoms with Gasteiger partial charge in [0, 0.05) is 82.1 Å². The van der Waals surface area contributed by atoms with E-state index in [1.165, 1.54) is 0 Å². The van der Waals surface area contributed by atoms with Crippen LogP contribution in [0.1, 0.15) is 95.1 Å². The number of imide groups is 1. The quantitative estimate of drug-likeness (QED) is 0.0712. The Morgan fingerprint density at radius 3 is 1.56 bits per heavy atom. The smallest absolute Gasteiger partial charge is 0.432 e. The van der Waals surface area contributed by atoms with E-state index in [0.717, 1.165) is 24.0 Å². The number of carbonyl (C=O) groups is 7. The van der Waals surface area contributed by atoms with Crippen LogP contribution in [0.25, 0.3) is 11.1 Å². The van der Waals surface area contributed by atoms with Gasteiger partial charge in [-0.25, -0.2) is 4.79 Å². The Kier molecular flexibility index (Phi) is 17.1. The number of hydrogen-bond acceptors (Lipinski definition) is 11. The van der Waals surface area contributed by atoms with Crippen LogP contribution < -0.4 is 21.3 Å². The molecule has 0 radical (unpaired) electrons. The van der Waals surface area contributed by atoms with Crippen LogP contribution in [0.5, 0.6) is 0 Å². The van der Waals surface area contributed by atoms with Crippen molar-refractivity contribution in [3.05, 3.63) is 47.5 Å². The summed E-state index contributed by atoms with van der Waals surface area (Å²) in [6.07, 6.45) is 1.73. The molecule has 0 spiro atoms. The molecule has 4 N–H and O–H groups in total. The van der Waals surface area contributed by atoms with Crippen molar-refractivity contribution in [3.63, 3.8) is 0 Å². The van der Waals surface area contributed by atoms with Crippen molar-refractivity contribution in [2.75, 3.05) is 56.8 Å². The number of amides is 6. The van der Waals surface area contributed by atoms with Crippen LogP contribution in [-0.2, 0) is 47.8 Å². The van der Waals surface area contributed by atoms with E-state index >= 15 is 0 Å². The Morgan fingerprint density at radius 2 is 1.11 bits per heavy atom. The molecule has 0 atom stereocenters. The molecule has 1 saturated heterocycles. The molecule has 298 valence electrons. The summed E-state index contributed by atoms with van der Waals surface area (Å²) in [7, 11) is 0. The van der Waals surface area contributed by atoms with Crippen molar-refractivity contribution in [1.82, 2.24) is 15.7 Å². The standard InChI is InChI=1S/C39H51N5O11/c1-3-19-52-21-17-40-33(45)7-5-9-35(47)42-26-11-13-28-29-14-12-27(43-36(48)10-6-8-34(46)41-18-22-53-20-4-2)24-31(29)32(30(28)23-26)25-54-39(51)55-44-37(49)15-16-38(44)50/h11-14,23-24,32H,3-10,15-22,25H2,1-2H3,(H,40,45)(H,41,46)(H,42,47)(H,43,48). The van der Waals surface area contributed by atoms with Gasteiger partial charge in [-0.2, -0.15) is 0 Å². The molecule has 2 aromatic rings. The van der Waals surface area contributed by atoms with Gasteiger partial charge in [-0.3, -0.25) is 33.6 Å². The second-order valence-electron chi connectivity index (χ2n) is 13.1. The molecule has 55 heavy (non-hydrogen) atoms. The van der Waals surface area contributed by atoms with Crippen LogP contribution >= 0.6 is 0 Å². The molecule has 0 bridgehead atoms. The van der Waals surface area contributed by atoms with Crippen molar-refractivity contribution in [2.24, 2.45) is 0 Å². The third-order valence-corrected chi connectivity index (χ3v) is 8.70. The van der Waals surface area contributed by atoms with Gasteiger partial charge < -0.3 is 35.5 Å². The van der Waals surface area contributed by atoms with E-state index in [1.54, 1.807) is 24.3 Å². The summed E-state index contributed by atoms with van der Waals surface area (Å²) < 4.78 is 16.1. The molecule has 2 aromatic carbocycles. The fourth-order valence-corrected chi connectivity index (χ4v) is 6.07. The Bertz CT molecular complexity index is 1590. The van der Waals surface area contributed by atoms with Gasteiger partial charge in [0.25, 0.3) is 11.8 Å². The Hall–Kier alpha value is -5.35. The second kappa shape index (κ2) is 22.1. The zero-order chi connectivity index (χ0) is 39.6. The Labute approximate surface area is 320 Å². The SMILES string of the molecule is CCCOCCNC(=O)CCCC(=O)Nc1ccc2c(c1)C(COC(=O)ON1C(=O)CCC1=O)c1cc(NC(=O)CCCC(=O)NCCOCCC)ccc1-2. The van der Waals surface area contributed by atoms with E-state index in [4.69, 9.17) is 19.0 Å². The molecule has 0 aromatic heterocycles. The highest BCUT2D eigenvalue weighted by Gasteiger charge is 2.35. The first kappa shape index (κ1) is 42.4. The summed E-state index contributed by atoms with van der Waals surface area (Å²) in [5.74, 6) is -2.75. The number of nitrogens with one attached hydrogen (secondary N) is 4. The number of anilines is 2. The molecule has 1 fully saturated rings. The topological polar surface area (TPSA) is 208 Å². The molecule has 16 nitrogen and oxygen atoms in total. The molecular weight excluding hydrogens is 714 g/mol. The molecule has 1 aliphatic carbocycles. The summed E-state index contributed by atoms with van der Waals surface area (Å²) in [4.78, 5) is 91.3. The summed E-state index contributed by atoms with van der Waals surface area (Å²) in [5.41, 5.74) is 4.02. The molecule has 4 rings (SSSR count). The van der Waals surface area contributed by atoms with Gasteiger partial charge in [-0.15, -0.1) is 0 Å². The molecule has 16 heteroatoms. The molecule has 0 saturated carbocycles. The van der Waals surface area contributed by atoms with E-state index in [0.29, 0.717) is 79.9 Å². The van der Waals surface area contributed by atoms with Crippen LogP contribution in [0.2, 0.25) is 0 Å². The van der Waals surface area contributed by atoms with Crippen molar-refractivity contribution >= 4 is 53.0 Å². The minimum atomic E-state index is -1.23. The summed E-state index contributed by atoms with van der Waals surface area (Å²) in [5, 5.41) is 11.7. The van der Waals surface area contributed by atoms with Gasteiger partial charge in [0.05, 0.1) is 13.2 Å².